The van der Waals surface area contributed by atoms with E-state index in [1.54, 1.807) is 6.20 Å². The molecule has 0 aliphatic carbocycles. The Kier molecular flexibility index (Phi) is 4.81. The predicted octanol–water partition coefficient (Wildman–Crippen LogP) is 5.69. The third-order valence-electron chi connectivity index (χ3n) is 5.56. The quantitative estimate of drug-likeness (QED) is 0.414. The molecule has 152 valence electrons. The molecule has 0 fully saturated rings. The van der Waals surface area contributed by atoms with Crippen molar-refractivity contribution in [2.75, 3.05) is 0 Å². The van der Waals surface area contributed by atoms with Gasteiger partial charge in [0.2, 0.25) is 0 Å². The topological polar surface area (TPSA) is 77.8 Å². The molecule has 3 aromatic heterocycles. The van der Waals surface area contributed by atoms with Crippen LogP contribution in [-0.2, 0) is 6.54 Å². The molecule has 0 unspecified atom stereocenters. The van der Waals surface area contributed by atoms with Gasteiger partial charge in [-0.05, 0) is 37.1 Å². The summed E-state index contributed by atoms with van der Waals surface area (Å²) >= 11 is 0. The highest BCUT2D eigenvalue weighted by molar-refractivity contribution is 5.99. The van der Waals surface area contributed by atoms with E-state index < -0.39 is 0 Å². The van der Waals surface area contributed by atoms with Gasteiger partial charge in [-0.1, -0.05) is 59.8 Å². The second-order valence-electron chi connectivity index (χ2n) is 7.58. The van der Waals surface area contributed by atoms with Gasteiger partial charge in [0, 0.05) is 29.3 Å². The Morgan fingerprint density at radius 3 is 2.32 bits per heavy atom. The second kappa shape index (κ2) is 7.78. The molecule has 5 aromatic rings. The molecule has 2 N–H and O–H groups in total. The summed E-state index contributed by atoms with van der Waals surface area (Å²) in [6.07, 6.45) is 1.79. The van der Waals surface area contributed by atoms with Crippen LogP contribution in [0, 0.1) is 13.8 Å². The lowest BCUT2D eigenvalue weighted by molar-refractivity contribution is 0.393. The Hall–Kier alpha value is -3.83. The van der Waals surface area contributed by atoms with Crippen molar-refractivity contribution in [3.8, 4) is 33.6 Å². The van der Waals surface area contributed by atoms with Crippen molar-refractivity contribution in [1.29, 1.82) is 0 Å². The van der Waals surface area contributed by atoms with E-state index in [1.165, 1.54) is 0 Å². The van der Waals surface area contributed by atoms with Gasteiger partial charge in [-0.25, -0.2) is 4.98 Å². The Bertz CT molecular complexity index is 1350. The van der Waals surface area contributed by atoms with Crippen molar-refractivity contribution in [3.05, 3.63) is 89.9 Å². The van der Waals surface area contributed by atoms with Crippen LogP contribution < -0.4 is 5.73 Å². The van der Waals surface area contributed by atoms with Crippen LogP contribution >= 0.6 is 0 Å². The van der Waals surface area contributed by atoms with Gasteiger partial charge in [-0.2, -0.15) is 0 Å². The lowest BCUT2D eigenvalue weighted by Gasteiger charge is -2.14. The molecule has 5 nitrogen and oxygen atoms in total. The summed E-state index contributed by atoms with van der Waals surface area (Å²) in [5, 5.41) is 5.09. The van der Waals surface area contributed by atoms with Crippen molar-refractivity contribution >= 4 is 10.9 Å². The van der Waals surface area contributed by atoms with Crippen LogP contribution in [0.4, 0.5) is 0 Å². The van der Waals surface area contributed by atoms with Crippen molar-refractivity contribution in [2.45, 2.75) is 20.4 Å². The van der Waals surface area contributed by atoms with E-state index >= 15 is 0 Å². The van der Waals surface area contributed by atoms with E-state index in [-0.39, 0.29) is 0 Å². The molecule has 0 atom stereocenters. The smallest absolute Gasteiger partial charge is 0.143 e. The standard InChI is InChI=1S/C26H22N4O/c1-16-24(17(2)31-30-16)26-22-14-21(19-6-4-3-5-7-19)25(29-23(22)12-13-28-26)20-10-8-18(15-27)9-11-20/h3-14H,15,27H2,1-2H3. The van der Waals surface area contributed by atoms with E-state index in [9.17, 15) is 0 Å². The van der Waals surface area contributed by atoms with Crippen LogP contribution in [0.5, 0.6) is 0 Å². The molecule has 5 heteroatoms. The maximum Gasteiger partial charge on any atom is 0.143 e. The number of hydrogen-bond acceptors (Lipinski definition) is 5. The zero-order valence-corrected chi connectivity index (χ0v) is 17.5. The van der Waals surface area contributed by atoms with Crippen molar-refractivity contribution in [2.24, 2.45) is 5.73 Å². The summed E-state index contributed by atoms with van der Waals surface area (Å²) in [4.78, 5) is 9.76. The van der Waals surface area contributed by atoms with Gasteiger partial charge in [0.15, 0.2) is 0 Å². The van der Waals surface area contributed by atoms with Crippen LogP contribution in [0.2, 0.25) is 0 Å². The largest absolute Gasteiger partial charge is 0.361 e. The summed E-state index contributed by atoms with van der Waals surface area (Å²) < 4.78 is 5.41. The molecule has 0 saturated heterocycles. The molecule has 0 aliphatic rings. The highest BCUT2D eigenvalue weighted by Crippen LogP contribution is 2.37. The molecule has 0 bridgehead atoms. The number of rotatable bonds is 4. The Balaban J connectivity index is 1.81. The third-order valence-corrected chi connectivity index (χ3v) is 5.56. The van der Waals surface area contributed by atoms with Crippen LogP contribution in [0.3, 0.4) is 0 Å². The third kappa shape index (κ3) is 3.39. The number of nitrogens with zero attached hydrogens (tertiary/aromatic N) is 3. The molecule has 0 amide bonds. The molecule has 0 saturated carbocycles. The molecule has 3 heterocycles. The molecular weight excluding hydrogens is 384 g/mol. The number of nitrogens with two attached hydrogens (primary N) is 1. The van der Waals surface area contributed by atoms with Crippen LogP contribution in [0.25, 0.3) is 44.5 Å². The maximum atomic E-state index is 5.79. The minimum absolute atomic E-state index is 0.517. The zero-order chi connectivity index (χ0) is 21.4. The van der Waals surface area contributed by atoms with E-state index in [0.29, 0.717) is 6.54 Å². The minimum atomic E-state index is 0.517. The summed E-state index contributed by atoms with van der Waals surface area (Å²) in [5.41, 5.74) is 14.5. The fourth-order valence-electron chi connectivity index (χ4n) is 3.97. The molecule has 5 rings (SSSR count). The number of hydrogen-bond donors (Lipinski definition) is 1. The first-order chi connectivity index (χ1) is 15.2. The number of aromatic nitrogens is 3. The van der Waals surface area contributed by atoms with Gasteiger partial charge >= 0.3 is 0 Å². The molecule has 0 radical (unpaired) electrons. The number of fused-ring (bicyclic) bond motifs is 1. The average Bonchev–Trinajstić information content (AvgIpc) is 3.16. The molecule has 31 heavy (non-hydrogen) atoms. The van der Waals surface area contributed by atoms with E-state index in [2.05, 4.69) is 52.6 Å². The normalized spacial score (nSPS) is 11.2. The highest BCUT2D eigenvalue weighted by atomic mass is 16.5. The number of aryl methyl sites for hydroxylation is 2. The van der Waals surface area contributed by atoms with E-state index in [1.807, 2.05) is 38.1 Å². The van der Waals surface area contributed by atoms with Crippen LogP contribution in [0.1, 0.15) is 17.0 Å². The first-order valence-corrected chi connectivity index (χ1v) is 10.2. The van der Waals surface area contributed by atoms with Crippen LogP contribution in [-0.4, -0.2) is 15.1 Å². The van der Waals surface area contributed by atoms with Gasteiger partial charge in [0.25, 0.3) is 0 Å². The lowest BCUT2D eigenvalue weighted by Crippen LogP contribution is -1.97. The average molecular weight is 406 g/mol. The van der Waals surface area contributed by atoms with Crippen molar-refractivity contribution in [1.82, 2.24) is 15.1 Å². The summed E-state index contributed by atoms with van der Waals surface area (Å²) in [6, 6.07) is 22.7. The first kappa shape index (κ1) is 19.2. The zero-order valence-electron chi connectivity index (χ0n) is 17.5. The second-order valence-corrected chi connectivity index (χ2v) is 7.58. The lowest BCUT2D eigenvalue weighted by atomic mass is 9.95. The van der Waals surface area contributed by atoms with Crippen LogP contribution in [0.15, 0.2) is 77.4 Å². The van der Waals surface area contributed by atoms with Gasteiger partial charge in [0.05, 0.1) is 28.2 Å². The molecular formula is C26H22N4O. The fourth-order valence-corrected chi connectivity index (χ4v) is 3.97. The summed E-state index contributed by atoms with van der Waals surface area (Å²) in [7, 11) is 0. The highest BCUT2D eigenvalue weighted by Gasteiger charge is 2.19. The van der Waals surface area contributed by atoms with E-state index in [0.717, 1.165) is 61.6 Å². The summed E-state index contributed by atoms with van der Waals surface area (Å²) in [6.45, 7) is 4.36. The minimum Gasteiger partial charge on any atom is -0.361 e. The summed E-state index contributed by atoms with van der Waals surface area (Å²) in [5.74, 6) is 0.750. The number of benzene rings is 2. The fraction of sp³-hybridized carbons (Fsp3) is 0.115. The monoisotopic (exact) mass is 406 g/mol. The number of pyridine rings is 2. The Labute approximate surface area is 180 Å². The molecule has 0 spiro atoms. The first-order valence-electron chi connectivity index (χ1n) is 10.2. The van der Waals surface area contributed by atoms with Gasteiger partial charge in [-0.3, -0.25) is 4.98 Å². The Morgan fingerprint density at radius 1 is 0.871 bits per heavy atom. The predicted molar refractivity (Wildman–Crippen MR) is 123 cm³/mol. The van der Waals surface area contributed by atoms with E-state index in [4.69, 9.17) is 15.2 Å². The molecule has 2 aromatic carbocycles. The van der Waals surface area contributed by atoms with Gasteiger partial charge in [0.1, 0.15) is 5.76 Å². The van der Waals surface area contributed by atoms with Gasteiger partial charge in [-0.15, -0.1) is 0 Å². The van der Waals surface area contributed by atoms with Crippen molar-refractivity contribution < 1.29 is 4.52 Å². The molecule has 0 aliphatic heterocycles. The maximum absolute atomic E-state index is 5.79. The van der Waals surface area contributed by atoms with Gasteiger partial charge < -0.3 is 10.3 Å². The Morgan fingerprint density at radius 2 is 1.65 bits per heavy atom. The SMILES string of the molecule is Cc1noc(C)c1-c1nccc2nc(-c3ccc(CN)cc3)c(-c3ccccc3)cc12. The van der Waals surface area contributed by atoms with Crippen molar-refractivity contribution in [3.63, 3.8) is 0 Å².